The number of carbonyl (C=O) groups excluding carboxylic acids is 3. The van der Waals surface area contributed by atoms with Crippen molar-refractivity contribution in [2.45, 2.75) is 57.7 Å². The molecule has 0 aliphatic rings. The number of hydrogen-bond donors (Lipinski definition) is 8. The second kappa shape index (κ2) is 14.6. The van der Waals surface area contributed by atoms with E-state index in [4.69, 9.17) is 22.3 Å². The van der Waals surface area contributed by atoms with Crippen LogP contribution in [-0.2, 0) is 24.0 Å². The van der Waals surface area contributed by atoms with E-state index in [1.165, 1.54) is 0 Å². The molecule has 0 spiro atoms. The van der Waals surface area contributed by atoms with Crippen LogP contribution in [0.4, 0.5) is 0 Å². The van der Waals surface area contributed by atoms with E-state index in [0.29, 0.717) is 0 Å². The predicted octanol–water partition coefficient (Wildman–Crippen LogP) is -2.94. The molecular weight excluding hydrogens is 426 g/mol. The number of nitrogens with one attached hydrogen (secondary N) is 3. The van der Waals surface area contributed by atoms with Crippen LogP contribution in [0.2, 0.25) is 0 Å². The molecule has 0 aromatic rings. The van der Waals surface area contributed by atoms with Crippen molar-refractivity contribution >= 4 is 35.6 Å². The van der Waals surface area contributed by atoms with E-state index in [0.717, 1.165) is 0 Å². The van der Waals surface area contributed by atoms with E-state index in [-0.39, 0.29) is 37.7 Å². The van der Waals surface area contributed by atoms with Crippen LogP contribution in [0.1, 0.15) is 39.5 Å². The van der Waals surface area contributed by atoms with Crippen molar-refractivity contribution in [1.82, 2.24) is 16.0 Å². The number of carbonyl (C=O) groups is 5. The Kier molecular flexibility index (Phi) is 13.0. The highest BCUT2D eigenvalue weighted by molar-refractivity contribution is 5.95. The van der Waals surface area contributed by atoms with Gasteiger partial charge in [-0.25, -0.2) is 4.79 Å². The van der Waals surface area contributed by atoms with E-state index >= 15 is 0 Å². The van der Waals surface area contributed by atoms with Gasteiger partial charge in [-0.2, -0.15) is 0 Å². The molecule has 32 heavy (non-hydrogen) atoms. The summed E-state index contributed by atoms with van der Waals surface area (Å²) in [6.45, 7) is 3.27. The number of nitrogens with two attached hydrogens (primary N) is 3. The van der Waals surface area contributed by atoms with Gasteiger partial charge in [0.15, 0.2) is 5.96 Å². The minimum Gasteiger partial charge on any atom is -0.481 e. The van der Waals surface area contributed by atoms with Crippen molar-refractivity contribution in [1.29, 1.82) is 0 Å². The van der Waals surface area contributed by atoms with Crippen LogP contribution in [0.15, 0.2) is 4.99 Å². The summed E-state index contributed by atoms with van der Waals surface area (Å²) in [6, 6.07) is -3.87. The predicted molar refractivity (Wildman–Crippen MR) is 114 cm³/mol. The molecular formula is C18H33N7O7. The van der Waals surface area contributed by atoms with E-state index in [9.17, 15) is 29.1 Å². The van der Waals surface area contributed by atoms with Crippen LogP contribution in [0.5, 0.6) is 0 Å². The molecule has 0 saturated heterocycles. The van der Waals surface area contributed by atoms with Crippen molar-refractivity contribution in [2.75, 3.05) is 13.1 Å². The molecule has 14 heteroatoms. The highest BCUT2D eigenvalue weighted by atomic mass is 16.4. The summed E-state index contributed by atoms with van der Waals surface area (Å²) in [5, 5.41) is 25.3. The van der Waals surface area contributed by atoms with Crippen molar-refractivity contribution in [3.05, 3.63) is 0 Å². The lowest BCUT2D eigenvalue weighted by Gasteiger charge is -2.25. The standard InChI is InChI=1S/C18H33N7O7/c1-9(2)6-11(25-16(30)12(7-14(27)28)23-13(26)8-19)15(29)24-10(17(31)32)4-3-5-22-18(20)21/h9-12H,3-8,19H2,1-2H3,(H,23,26)(H,24,29)(H,25,30)(H,27,28)(H,31,32)(H4,20,21,22). The van der Waals surface area contributed by atoms with Gasteiger partial charge >= 0.3 is 11.9 Å². The van der Waals surface area contributed by atoms with Crippen molar-refractivity contribution < 1.29 is 34.2 Å². The molecule has 14 nitrogen and oxygen atoms in total. The number of nitrogens with zero attached hydrogens (tertiary/aromatic N) is 1. The van der Waals surface area contributed by atoms with Gasteiger partial charge in [0.1, 0.15) is 18.1 Å². The molecule has 0 radical (unpaired) electrons. The number of carboxylic acid groups (broad SMARTS) is 2. The first-order valence-corrected chi connectivity index (χ1v) is 9.97. The zero-order valence-electron chi connectivity index (χ0n) is 18.2. The fourth-order valence-corrected chi connectivity index (χ4v) is 2.65. The maximum absolute atomic E-state index is 12.7. The summed E-state index contributed by atoms with van der Waals surface area (Å²) in [5.74, 6) is -5.26. The van der Waals surface area contributed by atoms with Crippen LogP contribution in [-0.4, -0.2) is 77.0 Å². The van der Waals surface area contributed by atoms with Gasteiger partial charge in [-0.05, 0) is 25.2 Å². The molecule has 0 rings (SSSR count). The molecule has 0 aliphatic carbocycles. The quantitative estimate of drug-likeness (QED) is 0.0702. The molecule has 3 unspecified atom stereocenters. The summed E-state index contributed by atoms with van der Waals surface area (Å²) in [5.41, 5.74) is 15.6. The first kappa shape index (κ1) is 28.6. The minimum absolute atomic E-state index is 0.0361. The van der Waals surface area contributed by atoms with Crippen molar-refractivity contribution in [3.8, 4) is 0 Å². The van der Waals surface area contributed by atoms with Crippen LogP contribution < -0.4 is 33.2 Å². The lowest BCUT2D eigenvalue weighted by molar-refractivity contribution is -0.143. The van der Waals surface area contributed by atoms with E-state index < -0.39 is 60.8 Å². The second-order valence-electron chi connectivity index (χ2n) is 7.46. The SMILES string of the molecule is CC(C)CC(NC(=O)C(CC(=O)O)NC(=O)CN)C(=O)NC(CCCN=C(N)N)C(=O)O. The zero-order valence-corrected chi connectivity index (χ0v) is 18.2. The normalized spacial score (nSPS) is 13.4. The maximum atomic E-state index is 12.7. The third kappa shape index (κ3) is 12.3. The average molecular weight is 460 g/mol. The minimum atomic E-state index is -1.46. The summed E-state index contributed by atoms with van der Waals surface area (Å²) in [4.78, 5) is 63.1. The Morgan fingerprint density at radius 1 is 0.906 bits per heavy atom. The summed E-state index contributed by atoms with van der Waals surface area (Å²) < 4.78 is 0. The van der Waals surface area contributed by atoms with Gasteiger partial charge in [0, 0.05) is 6.54 Å². The van der Waals surface area contributed by atoms with E-state index in [1.807, 2.05) is 0 Å². The van der Waals surface area contributed by atoms with Gasteiger partial charge in [-0.15, -0.1) is 0 Å². The number of amides is 3. The molecule has 3 amide bonds. The van der Waals surface area contributed by atoms with Crippen molar-refractivity contribution in [3.63, 3.8) is 0 Å². The average Bonchev–Trinajstić information content (AvgIpc) is 2.67. The fourth-order valence-electron chi connectivity index (χ4n) is 2.65. The third-order valence-electron chi connectivity index (χ3n) is 4.12. The van der Waals surface area contributed by atoms with Gasteiger partial charge in [0.25, 0.3) is 0 Å². The summed E-state index contributed by atoms with van der Waals surface area (Å²) in [6.07, 6.45) is -0.269. The number of carboxylic acids is 2. The summed E-state index contributed by atoms with van der Waals surface area (Å²) in [7, 11) is 0. The highest BCUT2D eigenvalue weighted by Crippen LogP contribution is 2.08. The second-order valence-corrected chi connectivity index (χ2v) is 7.46. The molecule has 11 N–H and O–H groups in total. The molecule has 182 valence electrons. The first-order chi connectivity index (χ1) is 14.9. The van der Waals surface area contributed by atoms with Gasteiger partial charge < -0.3 is 43.4 Å². The Morgan fingerprint density at radius 2 is 1.47 bits per heavy atom. The largest absolute Gasteiger partial charge is 0.481 e. The van der Waals surface area contributed by atoms with E-state index in [1.54, 1.807) is 13.8 Å². The van der Waals surface area contributed by atoms with Crippen LogP contribution in [0.3, 0.4) is 0 Å². The van der Waals surface area contributed by atoms with Crippen LogP contribution >= 0.6 is 0 Å². The molecule has 3 atom stereocenters. The molecule has 0 bridgehead atoms. The third-order valence-corrected chi connectivity index (χ3v) is 4.12. The molecule has 0 heterocycles. The Balaban J connectivity index is 5.33. The smallest absolute Gasteiger partial charge is 0.326 e. The Bertz CT molecular complexity index is 708. The van der Waals surface area contributed by atoms with Gasteiger partial charge in [-0.1, -0.05) is 13.8 Å². The maximum Gasteiger partial charge on any atom is 0.326 e. The molecule has 0 saturated carbocycles. The van der Waals surface area contributed by atoms with Crippen molar-refractivity contribution in [2.24, 2.45) is 28.1 Å². The molecule has 0 aromatic carbocycles. The van der Waals surface area contributed by atoms with Gasteiger partial charge in [-0.3, -0.25) is 24.2 Å². The number of aliphatic carboxylic acids is 2. The lowest BCUT2D eigenvalue weighted by atomic mass is 10.0. The monoisotopic (exact) mass is 459 g/mol. The highest BCUT2D eigenvalue weighted by Gasteiger charge is 2.30. The Labute approximate surface area is 185 Å². The topological polar surface area (TPSA) is 252 Å². The summed E-state index contributed by atoms with van der Waals surface area (Å²) >= 11 is 0. The number of aliphatic imine (C=N–C) groups is 1. The lowest BCUT2D eigenvalue weighted by Crippen LogP contribution is -2.56. The van der Waals surface area contributed by atoms with Gasteiger partial charge in [0.2, 0.25) is 17.7 Å². The van der Waals surface area contributed by atoms with Gasteiger partial charge in [0.05, 0.1) is 13.0 Å². The fraction of sp³-hybridized carbons (Fsp3) is 0.667. The Morgan fingerprint density at radius 3 is 1.94 bits per heavy atom. The number of guanidine groups is 1. The Hall–Kier alpha value is -3.42. The number of hydrogen-bond acceptors (Lipinski definition) is 7. The number of rotatable bonds is 15. The molecule has 0 aliphatic heterocycles. The van der Waals surface area contributed by atoms with Crippen LogP contribution in [0, 0.1) is 5.92 Å². The zero-order chi connectivity index (χ0) is 24.8. The van der Waals surface area contributed by atoms with E-state index in [2.05, 4.69) is 20.9 Å². The van der Waals surface area contributed by atoms with Crippen LogP contribution in [0.25, 0.3) is 0 Å². The first-order valence-electron chi connectivity index (χ1n) is 9.97. The molecule has 0 fully saturated rings. The molecule has 0 aromatic heterocycles.